The van der Waals surface area contributed by atoms with Crippen LogP contribution < -0.4 is 0 Å². The summed E-state index contributed by atoms with van der Waals surface area (Å²) < 4.78 is 5.80. The summed E-state index contributed by atoms with van der Waals surface area (Å²) in [6, 6.07) is 0. The number of carbonyl (C=O) groups excluding carboxylic acids is 3. The number of hydrogen-bond acceptors (Lipinski definition) is 5. The topological polar surface area (TPSA) is 83.9 Å². The summed E-state index contributed by atoms with van der Waals surface area (Å²) >= 11 is 0. The zero-order valence-corrected chi connectivity index (χ0v) is 18.7. The van der Waals surface area contributed by atoms with E-state index in [-0.39, 0.29) is 36.6 Å². The van der Waals surface area contributed by atoms with E-state index in [0.717, 1.165) is 19.3 Å². The molecule has 2 atom stereocenters. The smallest absolute Gasteiger partial charge is 0.264 e. The van der Waals surface area contributed by atoms with E-state index < -0.39 is 28.8 Å². The number of fused-ring (bicyclic) bond motifs is 1. The molecule has 0 aliphatic carbocycles. The van der Waals surface area contributed by atoms with E-state index in [1.54, 1.807) is 6.92 Å². The largest absolute Gasteiger partial charge is 0.508 e. The van der Waals surface area contributed by atoms with Gasteiger partial charge in [-0.3, -0.25) is 19.3 Å². The number of amides is 1. The van der Waals surface area contributed by atoms with Crippen LogP contribution in [0.2, 0.25) is 0 Å². The van der Waals surface area contributed by atoms with Gasteiger partial charge >= 0.3 is 0 Å². The number of aliphatic hydroxyl groups excluding tert-OH is 1. The number of Topliss-reactive ketones (excluding diaryl/α,β-unsaturated/α-hetero) is 2. The minimum Gasteiger partial charge on any atom is -0.508 e. The van der Waals surface area contributed by atoms with Gasteiger partial charge in [-0.05, 0) is 6.42 Å². The minimum absolute atomic E-state index is 0.104. The van der Waals surface area contributed by atoms with Crippen molar-refractivity contribution in [3.8, 4) is 0 Å². The molecule has 1 fully saturated rings. The van der Waals surface area contributed by atoms with Crippen molar-refractivity contribution in [3.63, 3.8) is 0 Å². The fraction of sp³-hybridized carbons (Fsp3) is 0.783. The van der Waals surface area contributed by atoms with Crippen LogP contribution in [0.25, 0.3) is 0 Å². The second-order valence-electron chi connectivity index (χ2n) is 9.36. The van der Waals surface area contributed by atoms with Gasteiger partial charge in [-0.2, -0.15) is 0 Å². The molecule has 2 aliphatic heterocycles. The number of carbonyl (C=O) groups is 3. The Morgan fingerprint density at radius 2 is 1.69 bits per heavy atom. The lowest BCUT2D eigenvalue weighted by Crippen LogP contribution is -2.56. The molecule has 2 heterocycles. The highest BCUT2D eigenvalue weighted by Crippen LogP contribution is 2.47. The molecule has 0 unspecified atom stereocenters. The van der Waals surface area contributed by atoms with Crippen molar-refractivity contribution in [2.24, 2.45) is 5.41 Å². The Morgan fingerprint density at radius 1 is 1.10 bits per heavy atom. The predicted octanol–water partition coefficient (Wildman–Crippen LogP) is 4.47. The van der Waals surface area contributed by atoms with Gasteiger partial charge in [0, 0.05) is 18.3 Å². The summed E-state index contributed by atoms with van der Waals surface area (Å²) in [5.74, 6) is -1.65. The molecular formula is C23H37NO5. The van der Waals surface area contributed by atoms with E-state index in [9.17, 15) is 19.5 Å². The third-order valence-corrected chi connectivity index (χ3v) is 5.97. The van der Waals surface area contributed by atoms with Crippen LogP contribution in [-0.4, -0.2) is 45.9 Å². The molecule has 0 bridgehead atoms. The van der Waals surface area contributed by atoms with Crippen molar-refractivity contribution in [1.82, 2.24) is 4.90 Å². The minimum atomic E-state index is -1.55. The van der Waals surface area contributed by atoms with Gasteiger partial charge in [0.2, 0.25) is 0 Å². The Labute approximate surface area is 174 Å². The molecule has 6 nitrogen and oxygen atoms in total. The molecule has 6 heteroatoms. The van der Waals surface area contributed by atoms with Gasteiger partial charge in [-0.25, -0.2) is 0 Å². The normalized spacial score (nSPS) is 24.4. The molecule has 0 aromatic rings. The third kappa shape index (κ3) is 4.42. The molecule has 0 aromatic carbocycles. The SMILES string of the molecule is CCCCCCCCCC(=O)C1=C(O)[C@@]2(C(=O)CC)CO[C@H](C(C)(C)C)N2C1=O. The zero-order chi connectivity index (χ0) is 21.8. The zero-order valence-electron chi connectivity index (χ0n) is 18.7. The molecule has 164 valence electrons. The van der Waals surface area contributed by atoms with Gasteiger partial charge in [-0.15, -0.1) is 0 Å². The summed E-state index contributed by atoms with van der Waals surface area (Å²) in [6.45, 7) is 9.49. The predicted molar refractivity (Wildman–Crippen MR) is 111 cm³/mol. The highest BCUT2D eigenvalue weighted by Gasteiger charge is 2.65. The van der Waals surface area contributed by atoms with Crippen molar-refractivity contribution in [2.45, 2.75) is 104 Å². The Bertz CT molecular complexity index is 675. The molecular weight excluding hydrogens is 370 g/mol. The summed E-state index contributed by atoms with van der Waals surface area (Å²) in [6.07, 6.45) is 7.15. The Kier molecular flexibility index (Phi) is 7.66. The van der Waals surface area contributed by atoms with Crippen molar-refractivity contribution >= 4 is 17.5 Å². The third-order valence-electron chi connectivity index (χ3n) is 5.97. The molecule has 0 saturated carbocycles. The maximum Gasteiger partial charge on any atom is 0.264 e. The van der Waals surface area contributed by atoms with Crippen LogP contribution >= 0.6 is 0 Å². The van der Waals surface area contributed by atoms with E-state index in [2.05, 4.69) is 6.92 Å². The summed E-state index contributed by atoms with van der Waals surface area (Å²) in [7, 11) is 0. The average molecular weight is 408 g/mol. The van der Waals surface area contributed by atoms with Gasteiger partial charge in [0.1, 0.15) is 17.6 Å². The molecule has 0 aromatic heterocycles. The Balaban J connectivity index is 2.16. The number of ketones is 2. The van der Waals surface area contributed by atoms with Gasteiger partial charge in [0.15, 0.2) is 17.1 Å². The van der Waals surface area contributed by atoms with Crippen molar-refractivity contribution in [3.05, 3.63) is 11.3 Å². The maximum atomic E-state index is 13.2. The molecule has 0 radical (unpaired) electrons. The van der Waals surface area contributed by atoms with E-state index in [1.165, 1.54) is 24.2 Å². The van der Waals surface area contributed by atoms with Crippen molar-refractivity contribution in [1.29, 1.82) is 0 Å². The molecule has 2 rings (SSSR count). The van der Waals surface area contributed by atoms with E-state index in [1.807, 2.05) is 20.8 Å². The molecule has 2 aliphatic rings. The Hall–Kier alpha value is -1.69. The molecule has 1 N–H and O–H groups in total. The summed E-state index contributed by atoms with van der Waals surface area (Å²) in [5.41, 5.74) is -2.22. The van der Waals surface area contributed by atoms with Crippen LogP contribution in [0.15, 0.2) is 11.3 Å². The van der Waals surface area contributed by atoms with Crippen LogP contribution in [0.1, 0.15) is 92.4 Å². The van der Waals surface area contributed by atoms with Crippen LogP contribution in [0.5, 0.6) is 0 Å². The monoisotopic (exact) mass is 407 g/mol. The van der Waals surface area contributed by atoms with E-state index in [4.69, 9.17) is 4.74 Å². The summed E-state index contributed by atoms with van der Waals surface area (Å²) in [5, 5.41) is 10.9. The number of hydrogen-bond donors (Lipinski definition) is 1. The quantitative estimate of drug-likeness (QED) is 0.403. The van der Waals surface area contributed by atoms with Crippen LogP contribution in [0, 0.1) is 5.41 Å². The van der Waals surface area contributed by atoms with Gasteiger partial charge < -0.3 is 9.84 Å². The van der Waals surface area contributed by atoms with Crippen molar-refractivity contribution < 1.29 is 24.2 Å². The van der Waals surface area contributed by atoms with Gasteiger partial charge in [0.25, 0.3) is 5.91 Å². The molecule has 1 amide bonds. The Morgan fingerprint density at radius 3 is 2.24 bits per heavy atom. The van der Waals surface area contributed by atoms with E-state index >= 15 is 0 Å². The highest BCUT2D eigenvalue weighted by atomic mass is 16.5. The lowest BCUT2D eigenvalue weighted by atomic mass is 9.88. The summed E-state index contributed by atoms with van der Waals surface area (Å²) in [4.78, 5) is 40.2. The lowest BCUT2D eigenvalue weighted by molar-refractivity contribution is -0.146. The van der Waals surface area contributed by atoms with Crippen LogP contribution in [0.3, 0.4) is 0 Å². The second kappa shape index (κ2) is 9.41. The van der Waals surface area contributed by atoms with E-state index in [0.29, 0.717) is 6.42 Å². The highest BCUT2D eigenvalue weighted by molar-refractivity contribution is 6.24. The molecule has 29 heavy (non-hydrogen) atoms. The lowest BCUT2D eigenvalue weighted by Gasteiger charge is -2.37. The number of nitrogens with zero attached hydrogens (tertiary/aromatic N) is 1. The first-order valence-corrected chi connectivity index (χ1v) is 11.1. The maximum absolute atomic E-state index is 13.2. The second-order valence-corrected chi connectivity index (χ2v) is 9.36. The number of ether oxygens (including phenoxy) is 1. The van der Waals surface area contributed by atoms with Gasteiger partial charge in [0.05, 0.1) is 6.61 Å². The average Bonchev–Trinajstić information content (AvgIpc) is 3.16. The first-order valence-electron chi connectivity index (χ1n) is 11.1. The van der Waals surface area contributed by atoms with Crippen molar-refractivity contribution in [2.75, 3.05) is 6.61 Å². The fourth-order valence-electron chi connectivity index (χ4n) is 4.33. The number of aliphatic hydroxyl groups is 1. The van der Waals surface area contributed by atoms with Gasteiger partial charge in [-0.1, -0.05) is 73.1 Å². The molecule has 0 spiro atoms. The first-order chi connectivity index (χ1) is 13.6. The van der Waals surface area contributed by atoms with Crippen LogP contribution in [0.4, 0.5) is 0 Å². The standard InChI is InChI=1S/C23H37NO5/c1-6-8-9-10-11-12-13-14-16(25)18-19(27)23(17(26)7-2)15-29-21(22(3,4)5)24(23)20(18)28/h21,27H,6-15H2,1-5H3/t21-,23+/m1/s1. The molecule has 1 saturated heterocycles. The number of unbranched alkanes of at least 4 members (excludes halogenated alkanes) is 6. The van der Waals surface area contributed by atoms with Crippen LogP contribution in [-0.2, 0) is 19.1 Å². The first kappa shape index (κ1) is 23.6. The number of rotatable bonds is 11. The fourth-order valence-corrected chi connectivity index (χ4v) is 4.33.